The summed E-state index contributed by atoms with van der Waals surface area (Å²) in [5.41, 5.74) is 4.30. The molecule has 0 aliphatic carbocycles. The third kappa shape index (κ3) is 7.44. The first kappa shape index (κ1) is 26.5. The van der Waals surface area contributed by atoms with Crippen molar-refractivity contribution >= 4 is 29.4 Å². The summed E-state index contributed by atoms with van der Waals surface area (Å²) in [6, 6.07) is 16.1. The summed E-state index contributed by atoms with van der Waals surface area (Å²) < 4.78 is 17.0. The Labute approximate surface area is 213 Å². The normalized spacial score (nSPS) is 10.8. The van der Waals surface area contributed by atoms with E-state index in [1.165, 1.54) is 18.3 Å². The fraction of sp³-hybridized carbons (Fsp3) is 0.231. The van der Waals surface area contributed by atoms with Gasteiger partial charge in [-0.25, -0.2) is 5.43 Å². The van der Waals surface area contributed by atoms with Crippen molar-refractivity contribution in [3.05, 3.63) is 92.5 Å². The van der Waals surface area contributed by atoms with Crippen molar-refractivity contribution in [3.63, 3.8) is 0 Å². The number of nitro benzene ring substituents is 1. The first-order valence-electron chi connectivity index (χ1n) is 11.3. The molecule has 188 valence electrons. The molecule has 0 bridgehead atoms. The lowest BCUT2D eigenvalue weighted by molar-refractivity contribution is -0.384. The fourth-order valence-corrected chi connectivity index (χ4v) is 3.31. The quantitative estimate of drug-likeness (QED) is 0.187. The highest BCUT2D eigenvalue weighted by Gasteiger charge is 2.11. The molecule has 36 heavy (non-hydrogen) atoms. The zero-order valence-corrected chi connectivity index (χ0v) is 20.7. The van der Waals surface area contributed by atoms with Crippen LogP contribution in [0.5, 0.6) is 17.2 Å². The van der Waals surface area contributed by atoms with Crippen LogP contribution in [0.1, 0.15) is 41.8 Å². The second-order valence-electron chi connectivity index (χ2n) is 7.54. The van der Waals surface area contributed by atoms with Crippen LogP contribution >= 0.6 is 11.6 Å². The van der Waals surface area contributed by atoms with Gasteiger partial charge in [-0.1, -0.05) is 18.5 Å². The van der Waals surface area contributed by atoms with Gasteiger partial charge in [0.1, 0.15) is 12.4 Å². The maximum absolute atomic E-state index is 12.5. The Hall–Kier alpha value is -4.11. The molecule has 0 aromatic heterocycles. The summed E-state index contributed by atoms with van der Waals surface area (Å²) in [6.45, 7) is 5.07. The smallest absolute Gasteiger partial charge is 0.271 e. The van der Waals surface area contributed by atoms with E-state index in [0.717, 1.165) is 12.0 Å². The summed E-state index contributed by atoms with van der Waals surface area (Å²) in [5, 5.41) is 15.1. The lowest BCUT2D eigenvalue weighted by Gasteiger charge is -2.12. The van der Waals surface area contributed by atoms with E-state index in [2.05, 4.69) is 10.5 Å². The van der Waals surface area contributed by atoms with E-state index in [0.29, 0.717) is 46.6 Å². The second-order valence-corrected chi connectivity index (χ2v) is 7.95. The van der Waals surface area contributed by atoms with Crippen molar-refractivity contribution in [2.75, 3.05) is 13.2 Å². The molecule has 0 atom stereocenters. The summed E-state index contributed by atoms with van der Waals surface area (Å²) in [7, 11) is 0. The zero-order chi connectivity index (χ0) is 25.9. The predicted octanol–water partition coefficient (Wildman–Crippen LogP) is 5.78. The Morgan fingerprint density at radius 2 is 1.75 bits per heavy atom. The largest absolute Gasteiger partial charge is 0.490 e. The summed E-state index contributed by atoms with van der Waals surface area (Å²) >= 11 is 6.31. The lowest BCUT2D eigenvalue weighted by Crippen LogP contribution is -2.17. The third-order valence-electron chi connectivity index (χ3n) is 4.84. The Balaban J connectivity index is 1.58. The van der Waals surface area contributed by atoms with Crippen molar-refractivity contribution in [3.8, 4) is 17.2 Å². The monoisotopic (exact) mass is 511 g/mol. The topological polar surface area (TPSA) is 112 Å². The van der Waals surface area contributed by atoms with E-state index in [9.17, 15) is 14.9 Å². The van der Waals surface area contributed by atoms with Crippen LogP contribution in [0.25, 0.3) is 0 Å². The molecule has 3 rings (SSSR count). The number of hydrazone groups is 1. The molecule has 0 fully saturated rings. The number of carbonyl (C=O) groups excluding carboxylic acids is 1. The highest BCUT2D eigenvalue weighted by Crippen LogP contribution is 2.29. The highest BCUT2D eigenvalue weighted by molar-refractivity contribution is 6.32. The van der Waals surface area contributed by atoms with E-state index < -0.39 is 10.8 Å². The third-order valence-corrected chi connectivity index (χ3v) is 5.14. The van der Waals surface area contributed by atoms with E-state index in [1.54, 1.807) is 48.5 Å². The first-order valence-corrected chi connectivity index (χ1v) is 11.7. The number of rotatable bonds is 12. The minimum absolute atomic E-state index is 0.0141. The van der Waals surface area contributed by atoms with Crippen LogP contribution < -0.4 is 19.6 Å². The molecule has 0 aliphatic heterocycles. The van der Waals surface area contributed by atoms with Gasteiger partial charge < -0.3 is 14.2 Å². The number of halogens is 1. The van der Waals surface area contributed by atoms with Crippen LogP contribution in [0, 0.1) is 10.1 Å². The van der Waals surface area contributed by atoms with Crippen molar-refractivity contribution in [2.24, 2.45) is 5.10 Å². The number of amides is 1. The summed E-state index contributed by atoms with van der Waals surface area (Å²) in [6.07, 6.45) is 2.32. The first-order chi connectivity index (χ1) is 17.4. The molecule has 3 aromatic rings. The van der Waals surface area contributed by atoms with Gasteiger partial charge in [-0.2, -0.15) is 5.10 Å². The number of hydrogen-bond donors (Lipinski definition) is 1. The Morgan fingerprint density at radius 3 is 2.42 bits per heavy atom. The van der Waals surface area contributed by atoms with Crippen molar-refractivity contribution < 1.29 is 23.9 Å². The minimum Gasteiger partial charge on any atom is -0.490 e. The highest BCUT2D eigenvalue weighted by atomic mass is 35.5. The molecule has 9 nitrogen and oxygen atoms in total. The SMILES string of the molecule is CCCOc1ccc(C(=O)N/N=C/c2ccc(OCc3ccc([N+](=O)[O-])cc3)c(Cl)c2)cc1OCC. The molecule has 10 heteroatoms. The molecular weight excluding hydrogens is 486 g/mol. The van der Waals surface area contributed by atoms with Gasteiger partial charge in [0.15, 0.2) is 11.5 Å². The molecule has 0 spiro atoms. The van der Waals surface area contributed by atoms with Gasteiger partial charge in [-0.05, 0) is 73.0 Å². The molecule has 0 saturated carbocycles. The van der Waals surface area contributed by atoms with Crippen LogP contribution in [0.2, 0.25) is 5.02 Å². The van der Waals surface area contributed by atoms with Gasteiger partial charge in [0.2, 0.25) is 0 Å². The van der Waals surface area contributed by atoms with E-state index in [1.807, 2.05) is 13.8 Å². The van der Waals surface area contributed by atoms with E-state index in [4.69, 9.17) is 25.8 Å². The van der Waals surface area contributed by atoms with Crippen LogP contribution in [0.15, 0.2) is 65.8 Å². The van der Waals surface area contributed by atoms with Crippen LogP contribution in [0.3, 0.4) is 0 Å². The molecule has 1 amide bonds. The van der Waals surface area contributed by atoms with Gasteiger partial charge in [-0.3, -0.25) is 14.9 Å². The van der Waals surface area contributed by atoms with Gasteiger partial charge >= 0.3 is 0 Å². The number of benzene rings is 3. The Morgan fingerprint density at radius 1 is 1.00 bits per heavy atom. The number of non-ortho nitro benzene ring substituents is 1. The molecule has 3 aromatic carbocycles. The molecule has 0 unspecified atom stereocenters. The van der Waals surface area contributed by atoms with E-state index in [-0.39, 0.29) is 12.3 Å². The lowest BCUT2D eigenvalue weighted by atomic mass is 10.2. The minimum atomic E-state index is -0.457. The zero-order valence-electron chi connectivity index (χ0n) is 19.9. The average Bonchev–Trinajstić information content (AvgIpc) is 2.87. The van der Waals surface area contributed by atoms with Crippen molar-refractivity contribution in [1.29, 1.82) is 0 Å². The van der Waals surface area contributed by atoms with Crippen molar-refractivity contribution in [2.45, 2.75) is 26.9 Å². The van der Waals surface area contributed by atoms with Crippen LogP contribution in [-0.4, -0.2) is 30.3 Å². The van der Waals surface area contributed by atoms with E-state index >= 15 is 0 Å². The van der Waals surface area contributed by atoms with Crippen LogP contribution in [0.4, 0.5) is 5.69 Å². The number of nitro groups is 1. The standard InChI is InChI=1S/C26H26ClN3O6/c1-3-13-35-24-12-8-20(15-25(24)34-4-2)26(31)29-28-16-19-7-11-23(22(27)14-19)36-17-18-5-9-21(10-6-18)30(32)33/h5-12,14-16H,3-4,13,17H2,1-2H3,(H,29,31)/b28-16+. The van der Waals surface area contributed by atoms with Crippen molar-refractivity contribution in [1.82, 2.24) is 5.43 Å². The maximum atomic E-state index is 12.5. The number of nitrogens with zero attached hydrogens (tertiary/aromatic N) is 2. The Bertz CT molecular complexity index is 1230. The summed E-state index contributed by atoms with van der Waals surface area (Å²) in [4.78, 5) is 22.8. The average molecular weight is 512 g/mol. The maximum Gasteiger partial charge on any atom is 0.271 e. The Kier molecular flexibility index (Phi) is 9.64. The van der Waals surface area contributed by atoms with Crippen LogP contribution in [-0.2, 0) is 6.61 Å². The number of ether oxygens (including phenoxy) is 3. The molecule has 0 aliphatic rings. The number of carbonyl (C=O) groups is 1. The van der Waals surface area contributed by atoms with Gasteiger partial charge in [0.25, 0.3) is 11.6 Å². The molecule has 1 N–H and O–H groups in total. The summed E-state index contributed by atoms with van der Waals surface area (Å²) in [5.74, 6) is 1.14. The fourth-order valence-electron chi connectivity index (χ4n) is 3.07. The molecule has 0 heterocycles. The number of nitrogens with one attached hydrogen (secondary N) is 1. The van der Waals surface area contributed by atoms with Gasteiger partial charge in [-0.15, -0.1) is 0 Å². The molecule has 0 saturated heterocycles. The molecule has 0 radical (unpaired) electrons. The molecular formula is C26H26ClN3O6. The van der Waals surface area contributed by atoms with Gasteiger partial charge in [0, 0.05) is 17.7 Å². The van der Waals surface area contributed by atoms with Gasteiger partial charge in [0.05, 0.1) is 29.4 Å². The second kappa shape index (κ2) is 13.1. The number of hydrogen-bond acceptors (Lipinski definition) is 7. The predicted molar refractivity (Wildman–Crippen MR) is 137 cm³/mol.